The number of nitrogens with two attached hydrogens (primary N) is 1. The van der Waals surface area contributed by atoms with Crippen molar-refractivity contribution in [2.24, 2.45) is 5.73 Å². The average molecular weight is 301 g/mol. The second-order valence-electron chi connectivity index (χ2n) is 4.63. The smallest absolute Gasteiger partial charge is 0.256 e. The zero-order chi connectivity index (χ0) is 16.1. The first-order valence-corrected chi connectivity index (χ1v) is 6.92. The van der Waals surface area contributed by atoms with Crippen LogP contribution in [-0.2, 0) is 6.42 Å². The summed E-state index contributed by atoms with van der Waals surface area (Å²) in [5, 5.41) is 6.51. The average Bonchev–Trinajstić information content (AvgIpc) is 2.96. The normalized spacial score (nSPS) is 11.3. The molecule has 0 radical (unpaired) electrons. The van der Waals surface area contributed by atoms with Gasteiger partial charge in [0.2, 0.25) is 0 Å². The van der Waals surface area contributed by atoms with Gasteiger partial charge in [0.05, 0.1) is 12.8 Å². The molecule has 6 heteroatoms. The number of methoxy groups -OCH3 is 1. The van der Waals surface area contributed by atoms with Crippen LogP contribution in [0.4, 0.5) is 0 Å². The Morgan fingerprint density at radius 1 is 1.41 bits per heavy atom. The summed E-state index contributed by atoms with van der Waals surface area (Å²) in [5.74, 6) is 0.854. The number of amides is 1. The Balaban J connectivity index is 2.38. The van der Waals surface area contributed by atoms with E-state index in [1.54, 1.807) is 20.2 Å². The van der Waals surface area contributed by atoms with E-state index in [0.29, 0.717) is 29.1 Å². The molecule has 0 fully saturated rings. The summed E-state index contributed by atoms with van der Waals surface area (Å²) in [4.78, 5) is 12.0. The highest BCUT2D eigenvalue weighted by molar-refractivity contribution is 5.99. The number of aryl methyl sites for hydroxylation is 1. The molecular formula is C16H19N3O3. The highest BCUT2D eigenvalue weighted by Crippen LogP contribution is 2.21. The van der Waals surface area contributed by atoms with E-state index < -0.39 is 0 Å². The van der Waals surface area contributed by atoms with Crippen LogP contribution in [0.15, 0.2) is 28.8 Å². The number of carbonyl (C=O) groups is 1. The minimum Gasteiger partial charge on any atom is -0.497 e. The summed E-state index contributed by atoms with van der Waals surface area (Å²) in [5.41, 5.74) is 8.39. The molecule has 0 aliphatic heterocycles. The number of hydrogen-bond donors (Lipinski definition) is 2. The molecule has 116 valence electrons. The largest absolute Gasteiger partial charge is 0.497 e. The molecular weight excluding hydrogens is 282 g/mol. The van der Waals surface area contributed by atoms with Crippen molar-refractivity contribution in [3.8, 4) is 5.75 Å². The lowest BCUT2D eigenvalue weighted by Gasteiger charge is -2.04. The first kappa shape index (κ1) is 15.6. The summed E-state index contributed by atoms with van der Waals surface area (Å²) < 4.78 is 10.4. The topological polar surface area (TPSA) is 90.4 Å². The van der Waals surface area contributed by atoms with Crippen LogP contribution in [0.1, 0.15) is 34.3 Å². The van der Waals surface area contributed by atoms with Crippen molar-refractivity contribution < 1.29 is 14.1 Å². The molecule has 22 heavy (non-hydrogen) atoms. The van der Waals surface area contributed by atoms with Crippen molar-refractivity contribution in [3.63, 3.8) is 0 Å². The molecule has 1 aromatic heterocycles. The molecule has 0 saturated carbocycles. The Morgan fingerprint density at radius 3 is 2.64 bits per heavy atom. The Morgan fingerprint density at radius 2 is 2.09 bits per heavy atom. The van der Waals surface area contributed by atoms with Gasteiger partial charge in [0.15, 0.2) is 5.76 Å². The maximum atomic E-state index is 12.0. The molecule has 0 spiro atoms. The van der Waals surface area contributed by atoms with Gasteiger partial charge in [-0.1, -0.05) is 12.1 Å². The van der Waals surface area contributed by atoms with E-state index in [1.807, 2.05) is 31.2 Å². The van der Waals surface area contributed by atoms with Crippen LogP contribution in [0.25, 0.3) is 11.8 Å². The fourth-order valence-electron chi connectivity index (χ4n) is 2.05. The molecule has 0 unspecified atom stereocenters. The van der Waals surface area contributed by atoms with Gasteiger partial charge in [-0.3, -0.25) is 4.79 Å². The standard InChI is InChI=1S/C16H19N3O3/c1-4-13-15(16(20)18-2)14(22-19-13)9-12(17)10-5-7-11(21-3)8-6-10/h5-9H,4,17H2,1-3H3,(H,18,20). The number of ether oxygens (including phenoxy) is 1. The highest BCUT2D eigenvalue weighted by atomic mass is 16.5. The van der Waals surface area contributed by atoms with Gasteiger partial charge in [-0.2, -0.15) is 0 Å². The Bertz CT molecular complexity index is 687. The number of hydrogen-bond acceptors (Lipinski definition) is 5. The summed E-state index contributed by atoms with van der Waals surface area (Å²) >= 11 is 0. The predicted molar refractivity (Wildman–Crippen MR) is 84.3 cm³/mol. The molecule has 6 nitrogen and oxygen atoms in total. The van der Waals surface area contributed by atoms with Gasteiger partial charge in [0.25, 0.3) is 5.91 Å². The van der Waals surface area contributed by atoms with Crippen LogP contribution >= 0.6 is 0 Å². The Kier molecular flexibility index (Phi) is 4.83. The Labute approximate surface area is 128 Å². The van der Waals surface area contributed by atoms with E-state index >= 15 is 0 Å². The lowest BCUT2D eigenvalue weighted by Crippen LogP contribution is -2.19. The third kappa shape index (κ3) is 3.11. The number of carbonyl (C=O) groups excluding carboxylic acids is 1. The number of benzene rings is 1. The van der Waals surface area contributed by atoms with Crippen LogP contribution in [0.3, 0.4) is 0 Å². The predicted octanol–water partition coefficient (Wildman–Crippen LogP) is 2.06. The van der Waals surface area contributed by atoms with Gasteiger partial charge in [-0.25, -0.2) is 0 Å². The van der Waals surface area contributed by atoms with Gasteiger partial charge in [0.1, 0.15) is 11.3 Å². The van der Waals surface area contributed by atoms with E-state index in [4.69, 9.17) is 15.0 Å². The minimum absolute atomic E-state index is 0.244. The van der Waals surface area contributed by atoms with E-state index in [-0.39, 0.29) is 5.91 Å². The van der Waals surface area contributed by atoms with E-state index in [0.717, 1.165) is 11.3 Å². The van der Waals surface area contributed by atoms with E-state index in [9.17, 15) is 4.79 Å². The molecule has 3 N–H and O–H groups in total. The second-order valence-corrected chi connectivity index (χ2v) is 4.63. The number of nitrogens with one attached hydrogen (secondary N) is 1. The molecule has 0 aliphatic carbocycles. The fraction of sp³-hybridized carbons (Fsp3) is 0.250. The van der Waals surface area contributed by atoms with Gasteiger partial charge in [-0.15, -0.1) is 0 Å². The Hall–Kier alpha value is -2.76. The van der Waals surface area contributed by atoms with Gasteiger partial charge < -0.3 is 20.3 Å². The van der Waals surface area contributed by atoms with Crippen LogP contribution < -0.4 is 15.8 Å². The SMILES string of the molecule is CCc1noc(C=C(N)c2ccc(OC)cc2)c1C(=O)NC. The summed E-state index contributed by atoms with van der Waals surface area (Å²) in [6.45, 7) is 1.91. The molecule has 1 aromatic carbocycles. The lowest BCUT2D eigenvalue weighted by atomic mass is 10.1. The summed E-state index contributed by atoms with van der Waals surface area (Å²) in [6.07, 6.45) is 2.21. The number of aromatic nitrogens is 1. The van der Waals surface area contributed by atoms with Crippen LogP contribution in [0.5, 0.6) is 5.75 Å². The maximum absolute atomic E-state index is 12.0. The molecule has 1 amide bonds. The van der Waals surface area contributed by atoms with Crippen LogP contribution in [0, 0.1) is 0 Å². The van der Waals surface area contributed by atoms with Gasteiger partial charge in [0, 0.05) is 18.8 Å². The molecule has 0 atom stereocenters. The lowest BCUT2D eigenvalue weighted by molar-refractivity contribution is 0.0961. The van der Waals surface area contributed by atoms with Crippen LogP contribution in [0.2, 0.25) is 0 Å². The van der Waals surface area contributed by atoms with Crippen molar-refractivity contribution in [2.45, 2.75) is 13.3 Å². The van der Waals surface area contributed by atoms with E-state index in [1.165, 1.54) is 0 Å². The van der Waals surface area contributed by atoms with Gasteiger partial charge >= 0.3 is 0 Å². The monoisotopic (exact) mass is 301 g/mol. The maximum Gasteiger partial charge on any atom is 0.256 e. The number of nitrogens with zero attached hydrogens (tertiary/aromatic N) is 1. The third-order valence-corrected chi connectivity index (χ3v) is 3.29. The summed E-state index contributed by atoms with van der Waals surface area (Å²) in [7, 11) is 3.17. The summed E-state index contributed by atoms with van der Waals surface area (Å²) in [6, 6.07) is 7.30. The highest BCUT2D eigenvalue weighted by Gasteiger charge is 2.19. The molecule has 0 saturated heterocycles. The zero-order valence-corrected chi connectivity index (χ0v) is 12.8. The van der Waals surface area contributed by atoms with Crippen molar-refractivity contribution >= 4 is 17.7 Å². The van der Waals surface area contributed by atoms with E-state index in [2.05, 4.69) is 10.5 Å². The quantitative estimate of drug-likeness (QED) is 0.882. The molecule has 2 aromatic rings. The zero-order valence-electron chi connectivity index (χ0n) is 12.8. The van der Waals surface area contributed by atoms with Crippen molar-refractivity contribution in [1.82, 2.24) is 10.5 Å². The molecule has 2 rings (SSSR count). The third-order valence-electron chi connectivity index (χ3n) is 3.29. The molecule has 0 bridgehead atoms. The van der Waals surface area contributed by atoms with Gasteiger partial charge in [-0.05, 0) is 36.2 Å². The fourth-order valence-corrected chi connectivity index (χ4v) is 2.05. The van der Waals surface area contributed by atoms with Crippen LogP contribution in [-0.4, -0.2) is 25.2 Å². The molecule has 1 heterocycles. The molecule has 0 aliphatic rings. The van der Waals surface area contributed by atoms with Crippen molar-refractivity contribution in [2.75, 3.05) is 14.2 Å². The second kappa shape index (κ2) is 6.80. The first-order valence-electron chi connectivity index (χ1n) is 6.92. The van der Waals surface area contributed by atoms with Crippen molar-refractivity contribution in [1.29, 1.82) is 0 Å². The van der Waals surface area contributed by atoms with Crippen molar-refractivity contribution in [3.05, 3.63) is 46.8 Å². The minimum atomic E-state index is -0.244. The number of rotatable bonds is 5. The first-order chi connectivity index (χ1) is 10.6.